The maximum atomic E-state index is 13.4. The predicted molar refractivity (Wildman–Crippen MR) is 177 cm³/mol. The molecule has 1 N–H and O–H groups in total. The lowest BCUT2D eigenvalue weighted by Gasteiger charge is -2.23. The van der Waals surface area contributed by atoms with E-state index in [1.165, 1.54) is 37.7 Å². The van der Waals surface area contributed by atoms with Gasteiger partial charge in [-0.2, -0.15) is 4.57 Å². The first-order valence-electron chi connectivity index (χ1n) is 15.1. The van der Waals surface area contributed by atoms with Crippen LogP contribution in [0.3, 0.4) is 0 Å². The predicted octanol–water partition coefficient (Wildman–Crippen LogP) is 9.17. The number of thioether (sulfide) groups is 1. The van der Waals surface area contributed by atoms with Crippen LogP contribution in [0.1, 0.15) is 69.4 Å². The Balaban J connectivity index is 1.40. The molecule has 0 bridgehead atoms. The molecule has 0 unspecified atom stereocenters. The lowest BCUT2D eigenvalue weighted by atomic mass is 9.88. The number of ketones is 1. The number of rotatable bonds is 14. The van der Waals surface area contributed by atoms with Gasteiger partial charge in [-0.05, 0) is 55.7 Å². The van der Waals surface area contributed by atoms with E-state index in [9.17, 15) is 9.90 Å². The summed E-state index contributed by atoms with van der Waals surface area (Å²) in [7, 11) is 0. The van der Waals surface area contributed by atoms with Crippen LogP contribution in [-0.4, -0.2) is 30.6 Å². The molecule has 0 radical (unpaired) electrons. The number of halogens is 1. The third kappa shape index (κ3) is 6.80. The monoisotopic (exact) mass is 623 g/mol. The zero-order chi connectivity index (χ0) is 29.6. The van der Waals surface area contributed by atoms with E-state index in [0.29, 0.717) is 29.3 Å². The van der Waals surface area contributed by atoms with Gasteiger partial charge in [0.25, 0.3) is 5.01 Å². The highest BCUT2D eigenvalue weighted by atomic mass is 35.5. The molecule has 0 atom stereocenters. The first kappa shape index (κ1) is 30.9. The molecule has 0 fully saturated rings. The number of thiazole rings is 1. The van der Waals surface area contributed by atoms with Crippen LogP contribution in [0.2, 0.25) is 5.02 Å². The highest BCUT2D eigenvalue weighted by Crippen LogP contribution is 2.47. The first-order valence-corrected chi connectivity index (χ1v) is 17.1. The summed E-state index contributed by atoms with van der Waals surface area (Å²) in [5.41, 5.74) is 4.10. The molecular formula is C34H40ClN2O3S2+. The van der Waals surface area contributed by atoms with Gasteiger partial charge in [0.1, 0.15) is 10.5 Å². The Morgan fingerprint density at radius 1 is 1.00 bits per heavy atom. The number of hydrogen-bond donors (Lipinski definition) is 1. The third-order valence-electron chi connectivity index (χ3n) is 7.66. The molecule has 222 valence electrons. The standard InChI is InChI=1S/C34H39ClN2O3S2/c1-4-6-7-8-9-10-15-36-28-20-24(35)12-14-30(28)42-31(36)21-25-33(38)26(34(25)39)22-32-37(16-18-40-17-5-2)27-19-23(3)11-13-29(27)41-32/h11-14,19-22H,4-10,15-18H2,1-3H3/p+1. The Kier molecular flexibility index (Phi) is 10.5. The largest absolute Gasteiger partial charge is 0.506 e. The molecule has 0 amide bonds. The molecule has 3 aromatic rings. The van der Waals surface area contributed by atoms with Crippen LogP contribution < -0.4 is 9.47 Å². The number of Topliss-reactive ketones (excluding diaryl/α,β-unsaturated/α-hetero) is 1. The van der Waals surface area contributed by atoms with E-state index in [1.54, 1.807) is 23.1 Å². The van der Waals surface area contributed by atoms with Crippen molar-refractivity contribution < 1.29 is 19.2 Å². The number of anilines is 1. The van der Waals surface area contributed by atoms with E-state index >= 15 is 0 Å². The number of aryl methyl sites for hydroxylation is 2. The fourth-order valence-electron chi connectivity index (χ4n) is 5.37. The average Bonchev–Trinajstić information content (AvgIpc) is 3.50. The van der Waals surface area contributed by atoms with Crippen molar-refractivity contribution in [2.45, 2.75) is 77.2 Å². The fraction of sp³-hybridized carbons (Fsp3) is 0.412. The molecule has 42 heavy (non-hydrogen) atoms. The molecule has 2 aromatic carbocycles. The molecule has 0 saturated heterocycles. The third-order valence-corrected chi connectivity index (χ3v) is 10.1. The van der Waals surface area contributed by atoms with Crippen molar-refractivity contribution in [3.05, 3.63) is 80.0 Å². The van der Waals surface area contributed by atoms with Crippen molar-refractivity contribution in [3.63, 3.8) is 0 Å². The van der Waals surface area contributed by atoms with Crippen LogP contribution in [0.15, 0.2) is 69.3 Å². The number of aliphatic hydroxyl groups is 1. The van der Waals surface area contributed by atoms with Gasteiger partial charge in [0.15, 0.2) is 6.54 Å². The summed E-state index contributed by atoms with van der Waals surface area (Å²) >= 11 is 9.62. The number of benzene rings is 2. The van der Waals surface area contributed by atoms with Crippen LogP contribution in [0, 0.1) is 6.92 Å². The lowest BCUT2D eigenvalue weighted by Crippen LogP contribution is -2.35. The molecule has 8 heteroatoms. The number of aliphatic hydroxyl groups excluding tert-OH is 1. The van der Waals surface area contributed by atoms with Gasteiger partial charge in [0.2, 0.25) is 11.3 Å². The van der Waals surface area contributed by atoms with Crippen LogP contribution in [-0.2, 0) is 16.1 Å². The molecule has 0 spiro atoms. The molecule has 2 aliphatic rings. The number of fused-ring (bicyclic) bond motifs is 2. The lowest BCUT2D eigenvalue weighted by molar-refractivity contribution is -0.669. The van der Waals surface area contributed by atoms with E-state index in [2.05, 4.69) is 48.4 Å². The molecule has 0 saturated carbocycles. The van der Waals surface area contributed by atoms with Crippen molar-refractivity contribution in [2.75, 3.05) is 24.7 Å². The molecule has 2 heterocycles. The Hall–Kier alpha value is -2.58. The molecule has 1 aliphatic heterocycles. The maximum absolute atomic E-state index is 13.4. The highest BCUT2D eigenvalue weighted by Gasteiger charge is 2.36. The topological polar surface area (TPSA) is 53.7 Å². The van der Waals surface area contributed by atoms with Gasteiger partial charge in [-0.1, -0.05) is 80.3 Å². The normalized spacial score (nSPS) is 16.8. The minimum Gasteiger partial charge on any atom is -0.506 e. The molecule has 5 rings (SSSR count). The minimum absolute atomic E-state index is 0.0593. The maximum Gasteiger partial charge on any atom is 0.263 e. The van der Waals surface area contributed by atoms with Crippen molar-refractivity contribution in [2.24, 2.45) is 0 Å². The van der Waals surface area contributed by atoms with Gasteiger partial charge in [-0.15, -0.1) is 0 Å². The summed E-state index contributed by atoms with van der Waals surface area (Å²) in [4.78, 5) is 16.8. The Morgan fingerprint density at radius 3 is 2.60 bits per heavy atom. The number of carbonyl (C=O) groups excluding carboxylic acids is 1. The van der Waals surface area contributed by atoms with Crippen LogP contribution in [0.4, 0.5) is 5.69 Å². The first-order chi connectivity index (χ1) is 20.4. The highest BCUT2D eigenvalue weighted by molar-refractivity contribution is 8.03. The molecule has 5 nitrogen and oxygen atoms in total. The van der Waals surface area contributed by atoms with Crippen molar-refractivity contribution in [1.82, 2.24) is 0 Å². The number of hydrogen-bond acceptors (Lipinski definition) is 6. The molecule has 1 aliphatic carbocycles. The number of allylic oxidation sites excluding steroid dienone is 3. The van der Waals surface area contributed by atoms with E-state index in [1.807, 2.05) is 30.4 Å². The SMILES string of the molecule is CCCCCCCC[n+]1c(C=C2C(=O)C(C=C3Sc4ccc(C)cc4N3CCOCCC)=C2O)sc2ccc(Cl)cc21. The van der Waals surface area contributed by atoms with Crippen LogP contribution in [0.25, 0.3) is 16.3 Å². The van der Waals surface area contributed by atoms with Crippen molar-refractivity contribution in [1.29, 1.82) is 0 Å². The smallest absolute Gasteiger partial charge is 0.263 e. The number of carbonyl (C=O) groups is 1. The summed E-state index contributed by atoms with van der Waals surface area (Å²) in [6.45, 7) is 9.27. The van der Waals surface area contributed by atoms with Gasteiger partial charge in [-0.3, -0.25) is 4.79 Å². The van der Waals surface area contributed by atoms with Gasteiger partial charge >= 0.3 is 0 Å². The van der Waals surface area contributed by atoms with E-state index in [-0.39, 0.29) is 11.5 Å². The van der Waals surface area contributed by atoms with Gasteiger partial charge in [0, 0.05) is 41.6 Å². The molecular weight excluding hydrogens is 584 g/mol. The summed E-state index contributed by atoms with van der Waals surface area (Å²) in [5.74, 6) is -0.0689. The van der Waals surface area contributed by atoms with E-state index < -0.39 is 0 Å². The number of nitrogens with zero attached hydrogens (tertiary/aromatic N) is 2. The number of aromatic nitrogens is 1. The average molecular weight is 624 g/mol. The van der Waals surface area contributed by atoms with Crippen LogP contribution >= 0.6 is 34.7 Å². The summed E-state index contributed by atoms with van der Waals surface area (Å²) < 4.78 is 9.15. The second-order valence-corrected chi connectivity index (χ2v) is 13.5. The number of unbranched alkanes of at least 4 members (excludes halogenated alkanes) is 5. The van der Waals surface area contributed by atoms with Gasteiger partial charge in [0.05, 0.1) is 28.5 Å². The summed E-state index contributed by atoms with van der Waals surface area (Å²) in [5, 5.41) is 13.7. The summed E-state index contributed by atoms with van der Waals surface area (Å²) in [6, 6.07) is 12.3. The van der Waals surface area contributed by atoms with Gasteiger partial charge < -0.3 is 14.7 Å². The fourth-order valence-corrected chi connectivity index (χ4v) is 7.76. The van der Waals surface area contributed by atoms with E-state index in [0.717, 1.165) is 56.8 Å². The minimum atomic E-state index is -0.128. The molecule has 1 aromatic heterocycles. The zero-order valence-corrected chi connectivity index (χ0v) is 27.1. The van der Waals surface area contributed by atoms with Gasteiger partial charge in [-0.25, -0.2) is 0 Å². The van der Waals surface area contributed by atoms with Crippen molar-refractivity contribution in [3.8, 4) is 0 Å². The Labute approximate surface area is 262 Å². The Morgan fingerprint density at radius 2 is 1.81 bits per heavy atom. The Bertz CT molecular complexity index is 1560. The second-order valence-electron chi connectivity index (χ2n) is 10.9. The summed E-state index contributed by atoms with van der Waals surface area (Å²) in [6.07, 6.45) is 11.9. The quantitative estimate of drug-likeness (QED) is 0.110. The van der Waals surface area contributed by atoms with Crippen molar-refractivity contribution >= 4 is 62.5 Å². The number of ether oxygens (including phenoxy) is 1. The second kappa shape index (κ2) is 14.3. The van der Waals surface area contributed by atoms with Crippen LogP contribution in [0.5, 0.6) is 0 Å². The van der Waals surface area contributed by atoms with E-state index in [4.69, 9.17) is 16.3 Å². The zero-order valence-electron chi connectivity index (χ0n) is 24.7.